The number of aliphatic hydroxyl groups excluding tert-OH is 1. The lowest BCUT2D eigenvalue weighted by Gasteiger charge is -2.43. The molecule has 0 radical (unpaired) electrons. The maximum absolute atomic E-state index is 13.4. The summed E-state index contributed by atoms with van der Waals surface area (Å²) in [5.74, 6) is -0.0476. The van der Waals surface area contributed by atoms with Gasteiger partial charge in [0, 0.05) is 19.6 Å². The molecular weight excluding hydrogens is 446 g/mol. The van der Waals surface area contributed by atoms with Crippen LogP contribution >= 0.6 is 0 Å². The second-order valence-electron chi connectivity index (χ2n) is 9.12. The number of β-amino-alcohol motifs (C(OH)–C–C–N with tert-alkyl or cyclic N) is 1. The van der Waals surface area contributed by atoms with Gasteiger partial charge >= 0.3 is 0 Å². The fourth-order valence-electron chi connectivity index (χ4n) is 4.94. The maximum Gasteiger partial charge on any atom is 0.243 e. The summed E-state index contributed by atoms with van der Waals surface area (Å²) in [6.45, 7) is 3.85. The highest BCUT2D eigenvalue weighted by molar-refractivity contribution is 7.89. The van der Waals surface area contributed by atoms with E-state index in [2.05, 4.69) is 10.2 Å². The third-order valence-corrected chi connectivity index (χ3v) is 8.55. The second-order valence-corrected chi connectivity index (χ2v) is 11.0. The number of nitrogens with one attached hydrogen (secondary N) is 1. The molecule has 0 saturated carbocycles. The van der Waals surface area contributed by atoms with Crippen LogP contribution in [0.5, 0.6) is 0 Å². The number of benzene rings is 1. The van der Waals surface area contributed by atoms with Crippen LogP contribution < -0.4 is 5.32 Å². The summed E-state index contributed by atoms with van der Waals surface area (Å²) in [6, 6.07) is 7.80. The standard InChI is InChI=1S/C23H35N3O6S/c27-18-15-26(33(29,30)20-6-2-1-3-7-20)21-9-8-19(32-22(21)17-31-16-18)14-23(28)24-10-13-25-11-4-5-12-25/h1-3,6-7,18-19,21-22,27H,4-5,8-17H2,(H,24,28)/t18-,19-,21-,22+/m0/s1. The molecule has 0 spiro atoms. The maximum atomic E-state index is 13.4. The van der Waals surface area contributed by atoms with Gasteiger partial charge in [-0.3, -0.25) is 4.79 Å². The quantitative estimate of drug-likeness (QED) is 0.587. The normalized spacial score (nSPS) is 29.7. The zero-order chi connectivity index (χ0) is 23.3. The molecule has 1 aromatic rings. The van der Waals surface area contributed by atoms with Gasteiger partial charge in [-0.25, -0.2) is 8.42 Å². The van der Waals surface area contributed by atoms with E-state index in [9.17, 15) is 18.3 Å². The highest BCUT2D eigenvalue weighted by Gasteiger charge is 2.43. The predicted octanol–water partition coefficient (Wildman–Crippen LogP) is 0.587. The van der Waals surface area contributed by atoms with Crippen LogP contribution in [0.2, 0.25) is 0 Å². The Morgan fingerprint density at radius 2 is 1.88 bits per heavy atom. The first-order valence-electron chi connectivity index (χ1n) is 11.9. The van der Waals surface area contributed by atoms with E-state index < -0.39 is 28.3 Å². The van der Waals surface area contributed by atoms with Crippen molar-refractivity contribution in [1.29, 1.82) is 0 Å². The van der Waals surface area contributed by atoms with Crippen LogP contribution in [-0.2, 0) is 24.3 Å². The SMILES string of the molecule is O=C(C[C@@H]1CC[C@H]2[C@@H](COC[C@@H](O)CN2S(=O)(=O)c2ccccc2)O1)NCCN1CCCC1. The zero-order valence-electron chi connectivity index (χ0n) is 19.0. The van der Waals surface area contributed by atoms with Crippen molar-refractivity contribution in [3.8, 4) is 0 Å². The second kappa shape index (κ2) is 11.2. The first-order chi connectivity index (χ1) is 15.9. The van der Waals surface area contributed by atoms with E-state index in [1.807, 2.05) is 0 Å². The monoisotopic (exact) mass is 481 g/mol. The molecule has 3 heterocycles. The Labute approximate surface area is 196 Å². The number of amides is 1. The van der Waals surface area contributed by atoms with Gasteiger partial charge in [-0.1, -0.05) is 18.2 Å². The first kappa shape index (κ1) is 24.6. The Bertz CT molecular complexity index is 877. The van der Waals surface area contributed by atoms with Gasteiger partial charge in [0.25, 0.3) is 0 Å². The number of nitrogens with zero attached hydrogens (tertiary/aromatic N) is 2. The van der Waals surface area contributed by atoms with E-state index in [1.54, 1.807) is 30.3 Å². The Morgan fingerprint density at radius 3 is 2.64 bits per heavy atom. The molecule has 3 aliphatic rings. The molecule has 0 aromatic heterocycles. The van der Waals surface area contributed by atoms with E-state index in [1.165, 1.54) is 17.1 Å². The topological polar surface area (TPSA) is 108 Å². The average Bonchev–Trinajstić information content (AvgIpc) is 3.31. The van der Waals surface area contributed by atoms with Crippen molar-refractivity contribution < 1.29 is 27.8 Å². The minimum Gasteiger partial charge on any atom is -0.389 e. The molecule has 3 aliphatic heterocycles. The van der Waals surface area contributed by atoms with Crippen LogP contribution in [-0.4, -0.2) is 98.9 Å². The third-order valence-electron chi connectivity index (χ3n) is 6.65. The van der Waals surface area contributed by atoms with Crippen LogP contribution in [0, 0.1) is 0 Å². The molecule has 1 amide bonds. The number of sulfonamides is 1. The molecule has 0 unspecified atom stereocenters. The van der Waals surface area contributed by atoms with Gasteiger partial charge in [-0.15, -0.1) is 0 Å². The van der Waals surface area contributed by atoms with E-state index in [0.717, 1.165) is 19.6 Å². The van der Waals surface area contributed by atoms with Gasteiger partial charge in [0.2, 0.25) is 15.9 Å². The molecule has 184 valence electrons. The summed E-state index contributed by atoms with van der Waals surface area (Å²) in [5, 5.41) is 13.3. The van der Waals surface area contributed by atoms with Crippen molar-refractivity contribution in [3.63, 3.8) is 0 Å². The fourth-order valence-corrected chi connectivity index (χ4v) is 6.68. The van der Waals surface area contributed by atoms with Crippen molar-refractivity contribution in [2.24, 2.45) is 0 Å². The molecule has 0 aliphatic carbocycles. The predicted molar refractivity (Wildman–Crippen MR) is 122 cm³/mol. The van der Waals surface area contributed by atoms with E-state index >= 15 is 0 Å². The molecule has 0 bridgehead atoms. The highest BCUT2D eigenvalue weighted by Crippen LogP contribution is 2.31. The summed E-state index contributed by atoms with van der Waals surface area (Å²) in [5.41, 5.74) is 0. The van der Waals surface area contributed by atoms with Crippen LogP contribution in [0.15, 0.2) is 35.2 Å². The lowest BCUT2D eigenvalue weighted by Crippen LogP contribution is -2.57. The van der Waals surface area contributed by atoms with Crippen molar-refractivity contribution in [1.82, 2.24) is 14.5 Å². The van der Waals surface area contributed by atoms with Gasteiger partial charge in [-0.2, -0.15) is 4.31 Å². The smallest absolute Gasteiger partial charge is 0.243 e. The van der Waals surface area contributed by atoms with E-state index in [-0.39, 0.29) is 43.1 Å². The van der Waals surface area contributed by atoms with Crippen molar-refractivity contribution >= 4 is 15.9 Å². The van der Waals surface area contributed by atoms with Crippen LogP contribution in [0.3, 0.4) is 0 Å². The molecule has 4 atom stereocenters. The Balaban J connectivity index is 1.37. The summed E-state index contributed by atoms with van der Waals surface area (Å²) in [4.78, 5) is 15.0. The third kappa shape index (κ3) is 6.32. The molecule has 33 heavy (non-hydrogen) atoms. The Hall–Kier alpha value is -1.56. The van der Waals surface area contributed by atoms with Gasteiger partial charge in [-0.05, 0) is 50.9 Å². The molecule has 1 aromatic carbocycles. The summed E-state index contributed by atoms with van der Waals surface area (Å²) >= 11 is 0. The molecule has 4 rings (SSSR count). The highest BCUT2D eigenvalue weighted by atomic mass is 32.2. The number of rotatable bonds is 7. The molecular formula is C23H35N3O6S. The van der Waals surface area contributed by atoms with Crippen molar-refractivity contribution in [2.45, 2.75) is 61.4 Å². The summed E-state index contributed by atoms with van der Waals surface area (Å²) < 4.78 is 39.9. The number of carbonyl (C=O) groups excluding carboxylic acids is 1. The molecule has 9 nitrogen and oxygen atoms in total. The van der Waals surface area contributed by atoms with Gasteiger partial charge in [0.05, 0.1) is 48.9 Å². The largest absolute Gasteiger partial charge is 0.389 e. The van der Waals surface area contributed by atoms with E-state index in [0.29, 0.717) is 19.4 Å². The molecule has 2 N–H and O–H groups in total. The number of fused-ring (bicyclic) bond motifs is 1. The lowest BCUT2D eigenvalue weighted by atomic mass is 9.96. The molecule has 10 heteroatoms. The molecule has 3 saturated heterocycles. The first-order valence-corrected chi connectivity index (χ1v) is 13.3. The van der Waals surface area contributed by atoms with Gasteiger partial charge < -0.3 is 24.8 Å². The number of carbonyl (C=O) groups is 1. The van der Waals surface area contributed by atoms with Crippen molar-refractivity contribution in [2.75, 3.05) is 45.9 Å². The van der Waals surface area contributed by atoms with Gasteiger partial charge in [0.1, 0.15) is 0 Å². The van der Waals surface area contributed by atoms with Gasteiger partial charge in [0.15, 0.2) is 0 Å². The van der Waals surface area contributed by atoms with Crippen LogP contribution in [0.25, 0.3) is 0 Å². The zero-order valence-corrected chi connectivity index (χ0v) is 19.8. The Morgan fingerprint density at radius 1 is 1.12 bits per heavy atom. The molecule has 3 fully saturated rings. The van der Waals surface area contributed by atoms with Crippen LogP contribution in [0.1, 0.15) is 32.1 Å². The van der Waals surface area contributed by atoms with Crippen LogP contribution in [0.4, 0.5) is 0 Å². The number of hydrogen-bond donors (Lipinski definition) is 2. The number of aliphatic hydroxyl groups is 1. The lowest BCUT2D eigenvalue weighted by molar-refractivity contribution is -0.146. The van der Waals surface area contributed by atoms with Crippen molar-refractivity contribution in [3.05, 3.63) is 30.3 Å². The van der Waals surface area contributed by atoms with E-state index in [4.69, 9.17) is 9.47 Å². The fraction of sp³-hybridized carbons (Fsp3) is 0.696. The number of likely N-dealkylation sites (tertiary alicyclic amines) is 1. The average molecular weight is 482 g/mol. The minimum atomic E-state index is -3.81. The summed E-state index contributed by atoms with van der Waals surface area (Å²) in [7, 11) is -3.81. The minimum absolute atomic E-state index is 0.0367. The summed E-state index contributed by atoms with van der Waals surface area (Å²) in [6.07, 6.45) is 2.11. The number of ether oxygens (including phenoxy) is 2. The Kier molecular flexibility index (Phi) is 8.37. The number of hydrogen-bond acceptors (Lipinski definition) is 7.